The van der Waals surface area contributed by atoms with Gasteiger partial charge in [-0.2, -0.15) is 0 Å². The molecule has 27 heavy (non-hydrogen) atoms. The predicted octanol–water partition coefficient (Wildman–Crippen LogP) is 2.85. The number of aliphatic hydroxyl groups is 1. The Morgan fingerprint density at radius 3 is 3.00 bits per heavy atom. The summed E-state index contributed by atoms with van der Waals surface area (Å²) in [6, 6.07) is 6.56. The number of nitrogens with zero attached hydrogens (tertiary/aromatic N) is 2. The van der Waals surface area contributed by atoms with Crippen molar-refractivity contribution in [3.63, 3.8) is 0 Å². The van der Waals surface area contributed by atoms with Crippen LogP contribution >= 0.6 is 0 Å². The third kappa shape index (κ3) is 3.48. The Hall–Kier alpha value is -2.28. The van der Waals surface area contributed by atoms with Crippen LogP contribution in [0.15, 0.2) is 65.1 Å². The molecule has 2 heterocycles. The first kappa shape index (κ1) is 18.1. The lowest BCUT2D eigenvalue weighted by atomic mass is 9.88. The fourth-order valence-corrected chi connectivity index (χ4v) is 3.73. The monoisotopic (exact) mass is 369 g/mol. The van der Waals surface area contributed by atoms with Crippen LogP contribution in [0.25, 0.3) is 0 Å². The summed E-state index contributed by atoms with van der Waals surface area (Å²) in [5.41, 5.74) is 5.37. The van der Waals surface area contributed by atoms with Crippen molar-refractivity contribution in [3.05, 3.63) is 71.5 Å². The molecule has 0 aromatic heterocycles. The zero-order valence-electron chi connectivity index (χ0n) is 15.5. The maximum Gasteiger partial charge on any atom is 0.145 e. The van der Waals surface area contributed by atoms with Crippen LogP contribution in [0.5, 0.6) is 0 Å². The van der Waals surface area contributed by atoms with Crippen LogP contribution < -0.4 is 5.43 Å². The first-order valence-corrected chi connectivity index (χ1v) is 9.22. The van der Waals surface area contributed by atoms with E-state index in [4.69, 9.17) is 9.73 Å². The molecule has 1 aliphatic carbocycles. The number of ether oxygens (including phenoxy) is 1. The number of aliphatic imine (C=N–C) groups is 1. The second-order valence-corrected chi connectivity index (χ2v) is 7.58. The third-order valence-electron chi connectivity index (χ3n) is 5.18. The van der Waals surface area contributed by atoms with Crippen molar-refractivity contribution < 1.29 is 14.2 Å². The number of hydrazine groups is 1. The van der Waals surface area contributed by atoms with Gasteiger partial charge in [-0.15, -0.1) is 0 Å². The number of fused-ring (bicyclic) bond motifs is 2. The molecule has 6 heteroatoms. The number of benzene rings is 1. The highest BCUT2D eigenvalue weighted by Crippen LogP contribution is 2.34. The molecule has 3 aliphatic rings. The van der Waals surface area contributed by atoms with Crippen LogP contribution in [0.2, 0.25) is 0 Å². The molecular formula is C21H24FN3O2. The second kappa shape index (κ2) is 7.03. The quantitative estimate of drug-likeness (QED) is 0.857. The van der Waals surface area contributed by atoms with Crippen LogP contribution in [-0.4, -0.2) is 40.2 Å². The van der Waals surface area contributed by atoms with Crippen molar-refractivity contribution in [2.24, 2.45) is 4.99 Å². The van der Waals surface area contributed by atoms with Crippen LogP contribution in [0.4, 0.5) is 4.39 Å². The van der Waals surface area contributed by atoms with Gasteiger partial charge in [-0.25, -0.2) is 9.40 Å². The van der Waals surface area contributed by atoms with Gasteiger partial charge >= 0.3 is 0 Å². The fraction of sp³-hybridized carbons (Fsp3) is 0.381. The van der Waals surface area contributed by atoms with Crippen molar-refractivity contribution in [1.29, 1.82) is 0 Å². The molecule has 0 fully saturated rings. The van der Waals surface area contributed by atoms with E-state index in [9.17, 15) is 9.50 Å². The van der Waals surface area contributed by atoms with Crippen LogP contribution in [0.1, 0.15) is 25.8 Å². The van der Waals surface area contributed by atoms with Gasteiger partial charge in [0.05, 0.1) is 17.8 Å². The summed E-state index contributed by atoms with van der Waals surface area (Å²) < 4.78 is 19.5. The minimum atomic E-state index is -0.812. The molecule has 0 bridgehead atoms. The molecule has 1 aromatic carbocycles. The Bertz CT molecular complexity index is 857. The van der Waals surface area contributed by atoms with Crippen LogP contribution in [0.3, 0.4) is 0 Å². The zero-order valence-corrected chi connectivity index (χ0v) is 15.5. The van der Waals surface area contributed by atoms with E-state index in [2.05, 4.69) is 5.43 Å². The molecule has 2 unspecified atom stereocenters. The Labute approximate surface area is 158 Å². The molecule has 5 nitrogen and oxygen atoms in total. The smallest absolute Gasteiger partial charge is 0.145 e. The fourth-order valence-electron chi connectivity index (χ4n) is 3.73. The number of allylic oxidation sites excluding steroid dienone is 3. The lowest BCUT2D eigenvalue weighted by molar-refractivity contribution is -0.0832. The Kier molecular flexibility index (Phi) is 4.72. The molecule has 2 N–H and O–H groups in total. The van der Waals surface area contributed by atoms with Gasteiger partial charge in [-0.1, -0.05) is 24.3 Å². The van der Waals surface area contributed by atoms with Gasteiger partial charge in [0.15, 0.2) is 0 Å². The van der Waals surface area contributed by atoms with Crippen molar-refractivity contribution in [3.8, 4) is 0 Å². The Morgan fingerprint density at radius 2 is 2.19 bits per heavy atom. The summed E-state index contributed by atoms with van der Waals surface area (Å²) in [4.78, 5) is 4.80. The maximum atomic E-state index is 13.9. The molecular weight excluding hydrogens is 345 g/mol. The number of hydrogen-bond donors (Lipinski definition) is 2. The second-order valence-electron chi connectivity index (χ2n) is 7.58. The topological polar surface area (TPSA) is 57.1 Å². The van der Waals surface area contributed by atoms with Gasteiger partial charge in [-0.3, -0.25) is 10.4 Å². The van der Waals surface area contributed by atoms with Crippen LogP contribution in [-0.2, 0) is 11.2 Å². The van der Waals surface area contributed by atoms with Gasteiger partial charge in [0.25, 0.3) is 0 Å². The number of halogens is 1. The molecule has 4 rings (SSSR count). The van der Waals surface area contributed by atoms with Gasteiger partial charge in [-0.05, 0) is 44.1 Å². The number of rotatable bonds is 4. The first-order chi connectivity index (χ1) is 13.0. The molecule has 0 amide bonds. The lowest BCUT2D eigenvalue weighted by Crippen LogP contribution is -2.64. The highest BCUT2D eigenvalue weighted by atomic mass is 19.1. The SMILES string of the molecule is CC1(C)N=C2CC3=CC=COC3=CC2N(NCCc2ccccc2F)C1O. The molecule has 0 spiro atoms. The lowest BCUT2D eigenvalue weighted by Gasteiger charge is -2.46. The third-order valence-corrected chi connectivity index (χ3v) is 5.18. The van der Waals surface area contributed by atoms with E-state index in [1.165, 1.54) is 6.07 Å². The largest absolute Gasteiger partial charge is 0.465 e. The summed E-state index contributed by atoms with van der Waals surface area (Å²) in [6.45, 7) is 4.33. The Morgan fingerprint density at radius 1 is 1.37 bits per heavy atom. The molecule has 0 saturated heterocycles. The summed E-state index contributed by atoms with van der Waals surface area (Å²) in [5, 5.41) is 12.7. The van der Waals surface area contributed by atoms with Crippen molar-refractivity contribution in [2.75, 3.05) is 6.54 Å². The summed E-state index contributed by atoms with van der Waals surface area (Å²) in [5.74, 6) is 0.590. The van der Waals surface area contributed by atoms with Crippen molar-refractivity contribution in [1.82, 2.24) is 10.4 Å². The van der Waals surface area contributed by atoms with Crippen molar-refractivity contribution in [2.45, 2.75) is 44.5 Å². The minimum absolute atomic E-state index is 0.202. The first-order valence-electron chi connectivity index (χ1n) is 9.22. The number of nitrogens with one attached hydrogen (secondary N) is 1. The highest BCUT2D eigenvalue weighted by Gasteiger charge is 2.44. The number of hydrogen-bond acceptors (Lipinski definition) is 5. The van der Waals surface area contributed by atoms with Gasteiger partial charge in [0, 0.05) is 24.3 Å². The van der Waals surface area contributed by atoms with E-state index < -0.39 is 11.8 Å². The van der Waals surface area contributed by atoms with E-state index in [0.29, 0.717) is 24.9 Å². The van der Waals surface area contributed by atoms with E-state index in [-0.39, 0.29) is 11.9 Å². The minimum Gasteiger partial charge on any atom is -0.465 e. The van der Waals surface area contributed by atoms with E-state index >= 15 is 0 Å². The molecule has 1 aromatic rings. The van der Waals surface area contributed by atoms with Gasteiger partial charge in [0.1, 0.15) is 17.8 Å². The van der Waals surface area contributed by atoms with Gasteiger partial charge in [0.2, 0.25) is 0 Å². The number of aliphatic hydroxyl groups excluding tert-OH is 1. The van der Waals surface area contributed by atoms with Crippen LogP contribution in [0, 0.1) is 5.82 Å². The maximum absolute atomic E-state index is 13.9. The van der Waals surface area contributed by atoms with E-state index in [1.54, 1.807) is 18.4 Å². The molecule has 2 aliphatic heterocycles. The summed E-state index contributed by atoms with van der Waals surface area (Å²) in [7, 11) is 0. The normalized spacial score (nSPS) is 26.3. The molecule has 0 radical (unpaired) electrons. The zero-order chi connectivity index (χ0) is 19.0. The predicted molar refractivity (Wildman–Crippen MR) is 102 cm³/mol. The van der Waals surface area contributed by atoms with Crippen molar-refractivity contribution >= 4 is 5.71 Å². The molecule has 142 valence electrons. The van der Waals surface area contributed by atoms with Gasteiger partial charge < -0.3 is 9.84 Å². The standard InChI is InChI=1S/C21H24FN3O2/c1-21(2)20(26)25(23-10-9-14-6-3-4-8-16(14)22)18-13-19-15(7-5-11-27-19)12-17(18)24-21/h3-8,11,13,18,20,23,26H,9-10,12H2,1-2H3. The summed E-state index contributed by atoms with van der Waals surface area (Å²) >= 11 is 0. The summed E-state index contributed by atoms with van der Waals surface area (Å²) in [6.07, 6.45) is 7.93. The molecule has 0 saturated carbocycles. The molecule has 2 atom stereocenters. The van der Waals surface area contributed by atoms with E-state index in [0.717, 1.165) is 17.0 Å². The Balaban J connectivity index is 1.55. The average Bonchev–Trinajstić information content (AvgIpc) is 2.65. The van der Waals surface area contributed by atoms with E-state index in [1.807, 2.05) is 43.2 Å². The highest BCUT2D eigenvalue weighted by molar-refractivity contribution is 5.96. The average molecular weight is 369 g/mol.